The fraction of sp³-hybridized carbons (Fsp3) is 0.400. The first-order valence-corrected chi connectivity index (χ1v) is 8.78. The third-order valence-electron chi connectivity index (χ3n) is 3.96. The van der Waals surface area contributed by atoms with Gasteiger partial charge in [0.15, 0.2) is 5.82 Å². The number of nitrogens with zero attached hydrogens (tertiary/aromatic N) is 2. The lowest BCUT2D eigenvalue weighted by Gasteiger charge is -2.27. The monoisotopic (exact) mass is 323 g/mol. The summed E-state index contributed by atoms with van der Waals surface area (Å²) in [5, 5.41) is 6.94. The summed E-state index contributed by atoms with van der Waals surface area (Å²) in [6.45, 7) is 4.03. The number of H-pyrrole nitrogens is 1. The quantitative estimate of drug-likeness (QED) is 0.943. The van der Waals surface area contributed by atoms with Crippen molar-refractivity contribution in [2.45, 2.75) is 32.4 Å². The molecule has 0 amide bonds. The molecule has 1 aromatic carbocycles. The Morgan fingerprint density at radius 2 is 2.14 bits per heavy atom. The lowest BCUT2D eigenvalue weighted by atomic mass is 10.1. The Hall–Kier alpha value is -1.89. The van der Waals surface area contributed by atoms with Gasteiger partial charge in [0.2, 0.25) is 10.0 Å². The van der Waals surface area contributed by atoms with Gasteiger partial charge in [-0.3, -0.25) is 9.40 Å². The Morgan fingerprint density at radius 1 is 1.36 bits per heavy atom. The molecule has 0 unspecified atom stereocenters. The van der Waals surface area contributed by atoms with Crippen molar-refractivity contribution in [3.05, 3.63) is 46.4 Å². The van der Waals surface area contributed by atoms with Crippen LogP contribution in [0, 0.1) is 19.7 Å². The van der Waals surface area contributed by atoms with Gasteiger partial charge in [0, 0.05) is 23.4 Å². The van der Waals surface area contributed by atoms with Gasteiger partial charge in [0.1, 0.15) is 5.82 Å². The standard InChI is InChI=1S/C15H18FN3O2S/c1-10-5-6-12(14(16)8-10)9-22(20,21)19-7-3-4-13-11(2)17-18-15(13)19/h5-6,8H,3-4,7,9H2,1-2H3,(H,17,18). The molecule has 0 saturated heterocycles. The van der Waals surface area contributed by atoms with Crippen LogP contribution in [0.1, 0.15) is 28.8 Å². The largest absolute Gasteiger partial charge is 0.280 e. The number of aryl methyl sites for hydroxylation is 2. The average molecular weight is 323 g/mol. The molecule has 22 heavy (non-hydrogen) atoms. The van der Waals surface area contributed by atoms with Gasteiger partial charge in [0.05, 0.1) is 5.75 Å². The highest BCUT2D eigenvalue weighted by Crippen LogP contribution is 2.30. The van der Waals surface area contributed by atoms with E-state index in [9.17, 15) is 12.8 Å². The van der Waals surface area contributed by atoms with E-state index >= 15 is 0 Å². The zero-order chi connectivity index (χ0) is 15.9. The summed E-state index contributed by atoms with van der Waals surface area (Å²) in [7, 11) is -3.66. The van der Waals surface area contributed by atoms with Crippen molar-refractivity contribution in [3.8, 4) is 0 Å². The van der Waals surface area contributed by atoms with E-state index in [0.717, 1.165) is 29.7 Å². The second-order valence-electron chi connectivity index (χ2n) is 5.68. The summed E-state index contributed by atoms with van der Waals surface area (Å²) in [5.74, 6) is -0.389. The Bertz CT molecular complexity index is 814. The summed E-state index contributed by atoms with van der Waals surface area (Å²) in [5.41, 5.74) is 2.77. The molecule has 5 nitrogen and oxygen atoms in total. The Kier molecular flexibility index (Phi) is 3.68. The number of anilines is 1. The first-order valence-electron chi connectivity index (χ1n) is 7.18. The van der Waals surface area contributed by atoms with Gasteiger partial charge in [0.25, 0.3) is 0 Å². The number of halogens is 1. The molecule has 2 heterocycles. The molecule has 3 rings (SSSR count). The van der Waals surface area contributed by atoms with Gasteiger partial charge < -0.3 is 0 Å². The smallest absolute Gasteiger partial charge is 0.240 e. The van der Waals surface area contributed by atoms with E-state index in [0.29, 0.717) is 12.4 Å². The third-order valence-corrected chi connectivity index (χ3v) is 5.66. The van der Waals surface area contributed by atoms with Gasteiger partial charge in [-0.15, -0.1) is 0 Å². The van der Waals surface area contributed by atoms with Crippen molar-refractivity contribution in [1.82, 2.24) is 10.2 Å². The maximum atomic E-state index is 13.9. The van der Waals surface area contributed by atoms with E-state index in [-0.39, 0.29) is 11.3 Å². The van der Waals surface area contributed by atoms with Crippen LogP contribution in [0.4, 0.5) is 10.2 Å². The van der Waals surface area contributed by atoms with Crippen LogP contribution in [0.2, 0.25) is 0 Å². The minimum atomic E-state index is -3.66. The van der Waals surface area contributed by atoms with E-state index in [1.165, 1.54) is 16.4 Å². The normalized spacial score (nSPS) is 15.0. The topological polar surface area (TPSA) is 66.1 Å². The Morgan fingerprint density at radius 3 is 2.86 bits per heavy atom. The van der Waals surface area contributed by atoms with Gasteiger partial charge >= 0.3 is 0 Å². The third kappa shape index (κ3) is 2.61. The van der Waals surface area contributed by atoms with Gasteiger partial charge in [-0.05, 0) is 38.3 Å². The van der Waals surface area contributed by atoms with Crippen LogP contribution in [0.5, 0.6) is 0 Å². The van der Waals surface area contributed by atoms with E-state index < -0.39 is 15.8 Å². The molecular weight excluding hydrogens is 305 g/mol. The van der Waals surface area contributed by atoms with Crippen LogP contribution in [0.25, 0.3) is 0 Å². The molecule has 0 atom stereocenters. The van der Waals surface area contributed by atoms with Crippen molar-refractivity contribution in [3.63, 3.8) is 0 Å². The highest BCUT2D eigenvalue weighted by atomic mass is 32.2. The van der Waals surface area contributed by atoms with Crippen molar-refractivity contribution in [1.29, 1.82) is 0 Å². The molecule has 0 bridgehead atoms. The van der Waals surface area contributed by atoms with E-state index in [1.807, 2.05) is 6.92 Å². The molecule has 0 saturated carbocycles. The minimum absolute atomic E-state index is 0.185. The van der Waals surface area contributed by atoms with Crippen molar-refractivity contribution in [2.75, 3.05) is 10.8 Å². The van der Waals surface area contributed by atoms with Gasteiger partial charge in [-0.1, -0.05) is 12.1 Å². The van der Waals surface area contributed by atoms with Crippen molar-refractivity contribution < 1.29 is 12.8 Å². The molecule has 0 aliphatic carbocycles. The minimum Gasteiger partial charge on any atom is -0.280 e. The lowest BCUT2D eigenvalue weighted by Crippen LogP contribution is -2.36. The average Bonchev–Trinajstić information content (AvgIpc) is 2.84. The van der Waals surface area contributed by atoms with Crippen LogP contribution in [-0.4, -0.2) is 25.2 Å². The molecule has 1 aromatic heterocycles. The number of aromatic nitrogens is 2. The van der Waals surface area contributed by atoms with Crippen molar-refractivity contribution >= 4 is 15.8 Å². The molecule has 118 valence electrons. The van der Waals surface area contributed by atoms with Gasteiger partial charge in [-0.25, -0.2) is 12.8 Å². The number of fused-ring (bicyclic) bond motifs is 1. The summed E-state index contributed by atoms with van der Waals surface area (Å²) in [4.78, 5) is 0. The summed E-state index contributed by atoms with van der Waals surface area (Å²) < 4.78 is 40.6. The number of nitrogens with one attached hydrogen (secondary N) is 1. The predicted molar refractivity (Wildman–Crippen MR) is 82.8 cm³/mol. The number of rotatable bonds is 3. The highest BCUT2D eigenvalue weighted by Gasteiger charge is 2.31. The van der Waals surface area contributed by atoms with Crippen LogP contribution in [-0.2, 0) is 22.2 Å². The van der Waals surface area contributed by atoms with Crippen LogP contribution in [0.15, 0.2) is 18.2 Å². The van der Waals surface area contributed by atoms with E-state index in [2.05, 4.69) is 10.2 Å². The molecule has 1 N–H and O–H groups in total. The maximum absolute atomic E-state index is 13.9. The number of sulfonamides is 1. The highest BCUT2D eigenvalue weighted by molar-refractivity contribution is 7.92. The van der Waals surface area contributed by atoms with Crippen LogP contribution in [0.3, 0.4) is 0 Å². The molecule has 0 fully saturated rings. The molecule has 0 radical (unpaired) electrons. The Balaban J connectivity index is 1.94. The fourth-order valence-corrected chi connectivity index (χ4v) is 4.37. The molecule has 1 aliphatic heterocycles. The van der Waals surface area contributed by atoms with Crippen molar-refractivity contribution in [2.24, 2.45) is 0 Å². The zero-order valence-electron chi connectivity index (χ0n) is 12.6. The summed E-state index contributed by atoms with van der Waals surface area (Å²) in [6.07, 6.45) is 1.55. The first-order chi connectivity index (χ1) is 10.4. The number of aromatic amines is 1. The second kappa shape index (κ2) is 5.39. The number of hydrogen-bond acceptors (Lipinski definition) is 3. The van der Waals surface area contributed by atoms with E-state index in [4.69, 9.17) is 0 Å². The molecule has 0 spiro atoms. The first kappa shape index (κ1) is 15.0. The number of benzene rings is 1. The SMILES string of the molecule is Cc1ccc(CS(=O)(=O)N2CCCc3c2n[nH]c3C)c(F)c1. The fourth-order valence-electron chi connectivity index (χ4n) is 2.77. The summed E-state index contributed by atoms with van der Waals surface area (Å²) >= 11 is 0. The second-order valence-corrected chi connectivity index (χ2v) is 7.57. The van der Waals surface area contributed by atoms with Gasteiger partial charge in [-0.2, -0.15) is 5.10 Å². The predicted octanol–water partition coefficient (Wildman–Crippen LogP) is 2.45. The molecule has 1 aliphatic rings. The molecule has 7 heteroatoms. The molecule has 2 aromatic rings. The maximum Gasteiger partial charge on any atom is 0.240 e. The number of hydrogen-bond donors (Lipinski definition) is 1. The molecular formula is C15H18FN3O2S. The Labute approximate surface area is 129 Å². The van der Waals surface area contributed by atoms with Crippen LogP contribution >= 0.6 is 0 Å². The van der Waals surface area contributed by atoms with E-state index in [1.54, 1.807) is 13.0 Å². The zero-order valence-corrected chi connectivity index (χ0v) is 13.4. The summed E-state index contributed by atoms with van der Waals surface area (Å²) in [6, 6.07) is 4.60. The lowest BCUT2D eigenvalue weighted by molar-refractivity contribution is 0.578. The van der Waals surface area contributed by atoms with Crippen LogP contribution < -0.4 is 4.31 Å².